The van der Waals surface area contributed by atoms with Crippen LogP contribution >= 0.6 is 11.6 Å². The summed E-state index contributed by atoms with van der Waals surface area (Å²) in [4.78, 5) is 38.2. The normalized spacial score (nSPS) is 24.3. The zero-order valence-corrected chi connectivity index (χ0v) is 15.5. The van der Waals surface area contributed by atoms with E-state index >= 15 is 0 Å². The fourth-order valence-corrected chi connectivity index (χ4v) is 4.35. The van der Waals surface area contributed by atoms with Gasteiger partial charge in [-0.25, -0.2) is 0 Å². The van der Waals surface area contributed by atoms with Gasteiger partial charge in [0.05, 0.1) is 18.4 Å². The van der Waals surface area contributed by atoms with Crippen molar-refractivity contribution in [3.63, 3.8) is 0 Å². The summed E-state index contributed by atoms with van der Waals surface area (Å²) in [6.45, 7) is 0.0910. The molecule has 0 radical (unpaired) electrons. The van der Waals surface area contributed by atoms with Crippen molar-refractivity contribution in [3.05, 3.63) is 28.3 Å². The maximum atomic E-state index is 12.4. The second-order valence-corrected chi connectivity index (χ2v) is 7.52. The standard InChI is InChI=1S/C19H20ClNO6/c20-13-5-11-8-25-10-27-17(11)12(6-13)9-26-16(22)7-21-18(23)14-3-1-2-4-15(14)19(21)24/h5-6,14-15H,1-4,7-10H2/t14-,15-/m1/s1. The number of hydrogen-bond donors (Lipinski definition) is 0. The van der Waals surface area contributed by atoms with Crippen molar-refractivity contribution in [1.29, 1.82) is 0 Å². The van der Waals surface area contributed by atoms with Gasteiger partial charge in [-0.05, 0) is 25.0 Å². The second kappa shape index (κ2) is 7.48. The molecule has 0 spiro atoms. The molecule has 1 aromatic carbocycles. The molecule has 8 heteroatoms. The van der Waals surface area contributed by atoms with Gasteiger partial charge in [0.2, 0.25) is 11.8 Å². The molecule has 2 aliphatic heterocycles. The minimum absolute atomic E-state index is 0.0508. The van der Waals surface area contributed by atoms with Crippen LogP contribution in [0.4, 0.5) is 0 Å². The van der Waals surface area contributed by atoms with Crippen LogP contribution in [-0.4, -0.2) is 36.0 Å². The van der Waals surface area contributed by atoms with Crippen molar-refractivity contribution < 1.29 is 28.6 Å². The fraction of sp³-hybridized carbons (Fsp3) is 0.526. The monoisotopic (exact) mass is 393 g/mol. The van der Waals surface area contributed by atoms with E-state index in [1.807, 2.05) is 0 Å². The van der Waals surface area contributed by atoms with Gasteiger partial charge in [0, 0.05) is 16.1 Å². The van der Waals surface area contributed by atoms with Crippen LogP contribution in [0.15, 0.2) is 12.1 Å². The highest BCUT2D eigenvalue weighted by Crippen LogP contribution is 2.38. The summed E-state index contributed by atoms with van der Waals surface area (Å²) in [6, 6.07) is 3.41. The number of halogens is 1. The van der Waals surface area contributed by atoms with Crippen molar-refractivity contribution in [2.75, 3.05) is 13.3 Å². The van der Waals surface area contributed by atoms with Crippen LogP contribution in [0.2, 0.25) is 5.02 Å². The van der Waals surface area contributed by atoms with Crippen LogP contribution in [-0.2, 0) is 37.1 Å². The second-order valence-electron chi connectivity index (χ2n) is 7.08. The third-order valence-corrected chi connectivity index (χ3v) is 5.58. The Morgan fingerprint density at radius 2 is 1.89 bits per heavy atom. The third kappa shape index (κ3) is 3.53. The number of carbonyl (C=O) groups is 3. The summed E-state index contributed by atoms with van der Waals surface area (Å²) in [5, 5.41) is 0.489. The van der Waals surface area contributed by atoms with Crippen molar-refractivity contribution in [2.24, 2.45) is 11.8 Å². The number of imide groups is 1. The summed E-state index contributed by atoms with van der Waals surface area (Å²) in [6.07, 6.45) is 3.33. The van der Waals surface area contributed by atoms with Crippen LogP contribution in [0, 0.1) is 11.8 Å². The molecule has 4 rings (SSSR count). The molecule has 3 aliphatic rings. The molecule has 1 aliphatic carbocycles. The molecule has 2 amide bonds. The first-order valence-electron chi connectivity index (χ1n) is 9.07. The quantitative estimate of drug-likeness (QED) is 0.577. The molecular formula is C19H20ClNO6. The lowest BCUT2D eigenvalue weighted by atomic mass is 9.81. The molecule has 7 nitrogen and oxygen atoms in total. The zero-order valence-electron chi connectivity index (χ0n) is 14.7. The first-order valence-corrected chi connectivity index (χ1v) is 9.45. The smallest absolute Gasteiger partial charge is 0.326 e. The number of benzene rings is 1. The Balaban J connectivity index is 1.40. The molecule has 1 saturated heterocycles. The first-order chi connectivity index (χ1) is 13.0. The number of nitrogens with zero attached hydrogens (tertiary/aromatic N) is 1. The van der Waals surface area contributed by atoms with Gasteiger partial charge in [-0.2, -0.15) is 0 Å². The zero-order chi connectivity index (χ0) is 19.0. The van der Waals surface area contributed by atoms with Gasteiger partial charge in [0.25, 0.3) is 0 Å². The maximum absolute atomic E-state index is 12.4. The Morgan fingerprint density at radius 1 is 1.19 bits per heavy atom. The van der Waals surface area contributed by atoms with E-state index in [2.05, 4.69) is 0 Å². The van der Waals surface area contributed by atoms with Crippen LogP contribution in [0.5, 0.6) is 5.75 Å². The summed E-state index contributed by atoms with van der Waals surface area (Å²) < 4.78 is 16.0. The molecule has 1 aromatic rings. The van der Waals surface area contributed by atoms with Crippen molar-refractivity contribution in [2.45, 2.75) is 38.9 Å². The highest BCUT2D eigenvalue weighted by atomic mass is 35.5. The Morgan fingerprint density at radius 3 is 2.59 bits per heavy atom. The molecule has 27 heavy (non-hydrogen) atoms. The molecule has 144 valence electrons. The summed E-state index contributed by atoms with van der Waals surface area (Å²) in [5.41, 5.74) is 1.41. The van der Waals surface area contributed by atoms with Gasteiger partial charge >= 0.3 is 5.97 Å². The molecular weight excluding hydrogens is 374 g/mol. The number of carbonyl (C=O) groups excluding carboxylic acids is 3. The van der Waals surface area contributed by atoms with Crippen molar-refractivity contribution in [3.8, 4) is 5.75 Å². The molecule has 1 saturated carbocycles. The molecule has 2 fully saturated rings. The molecule has 2 heterocycles. The van der Waals surface area contributed by atoms with Gasteiger partial charge in [-0.1, -0.05) is 24.4 Å². The summed E-state index contributed by atoms with van der Waals surface area (Å²) in [5.74, 6) is -1.07. The maximum Gasteiger partial charge on any atom is 0.326 e. The average Bonchev–Trinajstić information content (AvgIpc) is 2.91. The Labute approximate surface area is 161 Å². The Hall–Kier alpha value is -2.12. The Bertz CT molecular complexity index is 771. The van der Waals surface area contributed by atoms with Crippen LogP contribution < -0.4 is 4.74 Å². The van der Waals surface area contributed by atoms with E-state index in [4.69, 9.17) is 25.8 Å². The van der Waals surface area contributed by atoms with Crippen molar-refractivity contribution in [1.82, 2.24) is 4.90 Å². The minimum atomic E-state index is -0.629. The summed E-state index contributed by atoms with van der Waals surface area (Å²) >= 11 is 6.09. The number of esters is 1. The Kier molecular flexibility index (Phi) is 5.06. The van der Waals surface area contributed by atoms with Gasteiger partial charge < -0.3 is 14.2 Å². The van der Waals surface area contributed by atoms with E-state index in [0.29, 0.717) is 22.9 Å². The summed E-state index contributed by atoms with van der Waals surface area (Å²) in [7, 11) is 0. The van der Waals surface area contributed by atoms with Gasteiger partial charge in [0.15, 0.2) is 6.79 Å². The lowest BCUT2D eigenvalue weighted by Gasteiger charge is -2.21. The molecule has 0 aromatic heterocycles. The fourth-order valence-electron chi connectivity index (χ4n) is 4.08. The van der Waals surface area contributed by atoms with E-state index in [1.54, 1.807) is 12.1 Å². The predicted molar refractivity (Wildman–Crippen MR) is 93.7 cm³/mol. The van der Waals surface area contributed by atoms with Crippen LogP contribution in [0.3, 0.4) is 0 Å². The topological polar surface area (TPSA) is 82.1 Å². The van der Waals surface area contributed by atoms with Crippen LogP contribution in [0.25, 0.3) is 0 Å². The SMILES string of the molecule is O=C(CN1C(=O)[C@@H]2CCCC[C@H]2C1=O)OCc1cc(Cl)cc2c1OCOC2. The number of likely N-dealkylation sites (tertiary alicyclic amines) is 1. The number of fused-ring (bicyclic) bond motifs is 2. The van der Waals surface area contributed by atoms with E-state index in [9.17, 15) is 14.4 Å². The first kappa shape index (κ1) is 18.3. The van der Waals surface area contributed by atoms with Gasteiger partial charge in [-0.3, -0.25) is 19.3 Å². The highest BCUT2D eigenvalue weighted by molar-refractivity contribution is 6.30. The number of rotatable bonds is 4. The van der Waals surface area contributed by atoms with Gasteiger partial charge in [-0.15, -0.1) is 0 Å². The molecule has 0 bridgehead atoms. The van der Waals surface area contributed by atoms with E-state index in [1.165, 1.54) is 0 Å². The van der Waals surface area contributed by atoms with Crippen LogP contribution in [0.1, 0.15) is 36.8 Å². The largest absolute Gasteiger partial charge is 0.467 e. The minimum Gasteiger partial charge on any atom is -0.467 e. The number of amides is 2. The lowest BCUT2D eigenvalue weighted by Crippen LogP contribution is -2.36. The molecule has 2 atom stereocenters. The van der Waals surface area contributed by atoms with E-state index in [0.717, 1.165) is 36.1 Å². The number of hydrogen-bond acceptors (Lipinski definition) is 6. The molecule has 0 unspecified atom stereocenters. The van der Waals surface area contributed by atoms with E-state index in [-0.39, 0.29) is 43.6 Å². The molecule has 0 N–H and O–H groups in total. The highest BCUT2D eigenvalue weighted by Gasteiger charge is 2.48. The lowest BCUT2D eigenvalue weighted by molar-refractivity contribution is -0.153. The average molecular weight is 394 g/mol. The van der Waals surface area contributed by atoms with E-state index < -0.39 is 5.97 Å². The van der Waals surface area contributed by atoms with Gasteiger partial charge in [0.1, 0.15) is 18.9 Å². The predicted octanol–water partition coefficient (Wildman–Crippen LogP) is 2.42. The third-order valence-electron chi connectivity index (χ3n) is 5.36. The van der Waals surface area contributed by atoms with Crippen molar-refractivity contribution >= 4 is 29.4 Å². The number of ether oxygens (including phenoxy) is 3.